The number of hydrogen-bond donors (Lipinski definition) is 2. The Morgan fingerprint density at radius 1 is 1.21 bits per heavy atom. The van der Waals surface area contributed by atoms with Crippen molar-refractivity contribution in [1.29, 1.82) is 0 Å². The Balaban J connectivity index is 2.13. The number of benzene rings is 2. The van der Waals surface area contributed by atoms with Crippen LogP contribution >= 0.6 is 0 Å². The topological polar surface area (TPSA) is 124 Å². The summed E-state index contributed by atoms with van der Waals surface area (Å²) in [7, 11) is -3.48. The van der Waals surface area contributed by atoms with Crippen LogP contribution in [0.3, 0.4) is 0 Å². The summed E-state index contributed by atoms with van der Waals surface area (Å²) in [6.45, 7) is 3.70. The second-order valence-electron chi connectivity index (χ2n) is 6.76. The average molecular weight is 400 g/mol. The lowest BCUT2D eigenvalue weighted by Gasteiger charge is -2.13. The molecule has 2 aromatic carbocycles. The molecule has 0 saturated heterocycles. The van der Waals surface area contributed by atoms with E-state index in [9.17, 15) is 18.0 Å². The Bertz CT molecular complexity index is 1250. The molecule has 0 radical (unpaired) electrons. The molecule has 0 spiro atoms. The van der Waals surface area contributed by atoms with Gasteiger partial charge in [-0.05, 0) is 38.1 Å². The first kappa shape index (κ1) is 19.6. The molecule has 0 saturated carbocycles. The van der Waals surface area contributed by atoms with Crippen LogP contribution in [0.5, 0.6) is 0 Å². The first-order valence-electron chi connectivity index (χ1n) is 8.50. The van der Waals surface area contributed by atoms with E-state index in [1.807, 2.05) is 13.8 Å². The lowest BCUT2D eigenvalue weighted by molar-refractivity contribution is 0.103. The van der Waals surface area contributed by atoms with Gasteiger partial charge in [0.05, 0.1) is 29.2 Å². The van der Waals surface area contributed by atoms with Gasteiger partial charge < -0.3 is 5.73 Å². The zero-order valence-corrected chi connectivity index (χ0v) is 16.4. The van der Waals surface area contributed by atoms with E-state index in [1.54, 1.807) is 18.2 Å². The number of carbonyl (C=O) groups is 1. The molecule has 0 aliphatic heterocycles. The van der Waals surface area contributed by atoms with Gasteiger partial charge in [0, 0.05) is 22.9 Å². The van der Waals surface area contributed by atoms with Gasteiger partial charge >= 0.3 is 0 Å². The maximum Gasteiger partial charge on any atom is 0.263 e. The van der Waals surface area contributed by atoms with Gasteiger partial charge in [0.1, 0.15) is 0 Å². The fourth-order valence-corrected chi connectivity index (χ4v) is 3.46. The zero-order chi connectivity index (χ0) is 20.6. The second kappa shape index (κ2) is 7.08. The minimum Gasteiger partial charge on any atom is -0.397 e. The lowest BCUT2D eigenvalue weighted by Crippen LogP contribution is -2.23. The highest BCUT2D eigenvalue weighted by atomic mass is 32.2. The number of nitrogen functional groups attached to an aromatic ring is 1. The summed E-state index contributed by atoms with van der Waals surface area (Å²) in [5.74, 6) is -0.420. The van der Waals surface area contributed by atoms with E-state index in [-0.39, 0.29) is 39.5 Å². The molecular weight excluding hydrogens is 380 g/mol. The second-order valence-corrected chi connectivity index (χ2v) is 8.50. The maximum absolute atomic E-state index is 13.0. The number of anilines is 2. The first-order valence-corrected chi connectivity index (χ1v) is 10.4. The van der Waals surface area contributed by atoms with Crippen LogP contribution in [0.4, 0.5) is 11.4 Å². The Morgan fingerprint density at radius 3 is 2.57 bits per heavy atom. The number of nitrogens with one attached hydrogen (secondary N) is 1. The molecule has 146 valence electrons. The molecule has 3 rings (SSSR count). The summed E-state index contributed by atoms with van der Waals surface area (Å²) in [5.41, 5.74) is 6.98. The van der Waals surface area contributed by atoms with Gasteiger partial charge in [0.2, 0.25) is 10.0 Å². The Kier molecular flexibility index (Phi) is 4.95. The molecule has 3 N–H and O–H groups in total. The fourth-order valence-electron chi connectivity index (χ4n) is 2.91. The van der Waals surface area contributed by atoms with Gasteiger partial charge in [-0.2, -0.15) is 0 Å². The van der Waals surface area contributed by atoms with E-state index < -0.39 is 15.8 Å². The van der Waals surface area contributed by atoms with Gasteiger partial charge in [-0.3, -0.25) is 18.9 Å². The SMILES string of the molecule is CC(C)n1cnc2ccc(C(=O)c3cccc(NS(C)(=O)=O)c3)c(N)c2c1=O. The van der Waals surface area contributed by atoms with Gasteiger partial charge in [-0.1, -0.05) is 12.1 Å². The fraction of sp³-hybridized carbons (Fsp3) is 0.211. The maximum atomic E-state index is 13.0. The Hall–Kier alpha value is -3.20. The molecule has 8 nitrogen and oxygen atoms in total. The molecule has 1 heterocycles. The van der Waals surface area contributed by atoms with Crippen molar-refractivity contribution >= 4 is 38.1 Å². The summed E-state index contributed by atoms with van der Waals surface area (Å²) in [6.07, 6.45) is 2.48. The third-order valence-electron chi connectivity index (χ3n) is 4.22. The number of nitrogens with zero attached hydrogens (tertiary/aromatic N) is 2. The summed E-state index contributed by atoms with van der Waals surface area (Å²) in [6, 6.07) is 9.05. The third kappa shape index (κ3) is 3.74. The van der Waals surface area contributed by atoms with Crippen molar-refractivity contribution in [1.82, 2.24) is 9.55 Å². The minimum atomic E-state index is -3.48. The largest absolute Gasteiger partial charge is 0.397 e. The number of aromatic nitrogens is 2. The monoisotopic (exact) mass is 400 g/mol. The molecule has 0 fully saturated rings. The van der Waals surface area contributed by atoms with E-state index in [2.05, 4.69) is 9.71 Å². The van der Waals surface area contributed by atoms with Crippen LogP contribution in [0.15, 0.2) is 47.5 Å². The first-order chi connectivity index (χ1) is 13.1. The number of carbonyl (C=O) groups excluding carboxylic acids is 1. The number of sulfonamides is 1. The number of ketones is 1. The molecule has 3 aromatic rings. The molecular formula is C19H20N4O4S. The van der Waals surface area contributed by atoms with Crippen LogP contribution in [-0.4, -0.2) is 30.0 Å². The minimum absolute atomic E-state index is 0.0523. The molecule has 0 aliphatic carbocycles. The molecule has 0 aliphatic rings. The smallest absolute Gasteiger partial charge is 0.263 e. The van der Waals surface area contributed by atoms with Gasteiger partial charge in [-0.15, -0.1) is 0 Å². The molecule has 0 atom stereocenters. The molecule has 0 bridgehead atoms. The predicted octanol–water partition coefficient (Wildman–Crippen LogP) is 2.16. The summed E-state index contributed by atoms with van der Waals surface area (Å²) in [5, 5.41) is 0.187. The highest BCUT2D eigenvalue weighted by Crippen LogP contribution is 2.25. The van der Waals surface area contributed by atoms with E-state index in [1.165, 1.54) is 29.1 Å². The standard InChI is InChI=1S/C19H20N4O4S/c1-11(2)23-10-21-15-8-7-14(17(20)16(15)19(23)25)18(24)12-5-4-6-13(9-12)22-28(3,26)27/h4-11,22H,20H2,1-3H3. The Labute approximate surface area is 162 Å². The average Bonchev–Trinajstić information content (AvgIpc) is 2.60. The van der Waals surface area contributed by atoms with Crippen LogP contribution < -0.4 is 16.0 Å². The van der Waals surface area contributed by atoms with Gasteiger partial charge in [0.15, 0.2) is 5.78 Å². The van der Waals surface area contributed by atoms with Crippen LogP contribution in [0.2, 0.25) is 0 Å². The van der Waals surface area contributed by atoms with Crippen molar-refractivity contribution in [3.63, 3.8) is 0 Å². The van der Waals surface area contributed by atoms with E-state index in [0.29, 0.717) is 5.52 Å². The Morgan fingerprint density at radius 2 is 1.93 bits per heavy atom. The predicted molar refractivity (Wildman–Crippen MR) is 109 cm³/mol. The van der Waals surface area contributed by atoms with Crippen molar-refractivity contribution in [2.24, 2.45) is 0 Å². The summed E-state index contributed by atoms with van der Waals surface area (Å²) < 4.78 is 26.6. The molecule has 1 aromatic heterocycles. The highest BCUT2D eigenvalue weighted by molar-refractivity contribution is 7.92. The molecule has 9 heteroatoms. The normalized spacial score (nSPS) is 11.7. The van der Waals surface area contributed by atoms with Crippen LogP contribution in [-0.2, 0) is 10.0 Å². The molecule has 0 unspecified atom stereocenters. The van der Waals surface area contributed by atoms with Gasteiger partial charge in [0.25, 0.3) is 5.56 Å². The van der Waals surface area contributed by atoms with Crippen molar-refractivity contribution in [3.05, 3.63) is 64.2 Å². The van der Waals surface area contributed by atoms with Crippen molar-refractivity contribution < 1.29 is 13.2 Å². The van der Waals surface area contributed by atoms with Crippen LogP contribution in [0.25, 0.3) is 10.9 Å². The summed E-state index contributed by atoms with van der Waals surface area (Å²) in [4.78, 5) is 30.0. The van der Waals surface area contributed by atoms with E-state index >= 15 is 0 Å². The van der Waals surface area contributed by atoms with Crippen LogP contribution in [0, 0.1) is 0 Å². The number of hydrogen-bond acceptors (Lipinski definition) is 6. The third-order valence-corrected chi connectivity index (χ3v) is 4.83. The van der Waals surface area contributed by atoms with Crippen LogP contribution in [0.1, 0.15) is 35.8 Å². The quantitative estimate of drug-likeness (QED) is 0.500. The zero-order valence-electron chi connectivity index (χ0n) is 15.6. The van der Waals surface area contributed by atoms with Crippen molar-refractivity contribution in [2.75, 3.05) is 16.7 Å². The molecule has 28 heavy (non-hydrogen) atoms. The lowest BCUT2D eigenvalue weighted by atomic mass is 9.99. The number of nitrogens with two attached hydrogens (primary N) is 1. The van der Waals surface area contributed by atoms with Gasteiger partial charge in [-0.25, -0.2) is 13.4 Å². The number of rotatable bonds is 5. The highest BCUT2D eigenvalue weighted by Gasteiger charge is 2.18. The summed E-state index contributed by atoms with van der Waals surface area (Å²) >= 11 is 0. The van der Waals surface area contributed by atoms with Crippen molar-refractivity contribution in [2.45, 2.75) is 19.9 Å². The number of fused-ring (bicyclic) bond motifs is 1. The van der Waals surface area contributed by atoms with E-state index in [4.69, 9.17) is 5.73 Å². The van der Waals surface area contributed by atoms with Crippen molar-refractivity contribution in [3.8, 4) is 0 Å². The molecule has 0 amide bonds. The van der Waals surface area contributed by atoms with E-state index in [0.717, 1.165) is 6.26 Å².